The van der Waals surface area contributed by atoms with E-state index < -0.39 is 0 Å². The molecule has 0 radical (unpaired) electrons. The number of amides is 1. The SMILES string of the molecule is COc1ccc(OC)c2sc(N(CCN3CCOCC3)C(=O)c3ccn(C)n3)nc12.Cl. The van der Waals surface area contributed by atoms with E-state index >= 15 is 0 Å². The number of morpholine rings is 1. The molecule has 2 aromatic heterocycles. The number of aromatic nitrogens is 3. The molecule has 1 fully saturated rings. The second kappa shape index (κ2) is 10.3. The highest BCUT2D eigenvalue weighted by molar-refractivity contribution is 7.22. The van der Waals surface area contributed by atoms with E-state index in [9.17, 15) is 4.79 Å². The molecular formula is C20H26ClN5O4S. The Bertz CT molecular complexity index is 993. The van der Waals surface area contributed by atoms with Crippen molar-refractivity contribution in [3.8, 4) is 11.5 Å². The monoisotopic (exact) mass is 467 g/mol. The predicted octanol–water partition coefficient (Wildman–Crippen LogP) is 2.45. The van der Waals surface area contributed by atoms with Crippen LogP contribution in [0.15, 0.2) is 24.4 Å². The van der Waals surface area contributed by atoms with E-state index in [-0.39, 0.29) is 18.3 Å². The summed E-state index contributed by atoms with van der Waals surface area (Å²) in [6, 6.07) is 5.39. The van der Waals surface area contributed by atoms with Crippen molar-refractivity contribution in [1.29, 1.82) is 0 Å². The molecule has 1 saturated heterocycles. The van der Waals surface area contributed by atoms with Crippen LogP contribution in [0.3, 0.4) is 0 Å². The van der Waals surface area contributed by atoms with Crippen LogP contribution in [0.25, 0.3) is 10.2 Å². The van der Waals surface area contributed by atoms with Crippen LogP contribution in [-0.4, -0.2) is 79.2 Å². The molecule has 4 rings (SSSR count). The standard InChI is InChI=1S/C20H25N5O4S.ClH/c1-23-7-6-14(22-23)19(26)25(9-8-24-10-12-29-13-11-24)20-21-17-15(27-2)4-5-16(28-3)18(17)30-20;/h4-7H,8-13H2,1-3H3;1H. The Labute approximate surface area is 190 Å². The summed E-state index contributed by atoms with van der Waals surface area (Å²) in [7, 11) is 5.02. The first-order valence-corrected chi connectivity index (χ1v) is 10.6. The lowest BCUT2D eigenvalue weighted by Gasteiger charge is -2.29. The van der Waals surface area contributed by atoms with Crippen molar-refractivity contribution in [2.75, 3.05) is 58.5 Å². The number of carbonyl (C=O) groups excluding carboxylic acids is 1. The van der Waals surface area contributed by atoms with E-state index in [0.717, 1.165) is 24.3 Å². The van der Waals surface area contributed by atoms with Gasteiger partial charge in [0.2, 0.25) is 0 Å². The van der Waals surface area contributed by atoms with Gasteiger partial charge in [0.25, 0.3) is 5.91 Å². The number of halogens is 1. The van der Waals surface area contributed by atoms with Gasteiger partial charge in [0.15, 0.2) is 10.8 Å². The van der Waals surface area contributed by atoms with Crippen molar-refractivity contribution < 1.29 is 19.0 Å². The molecule has 31 heavy (non-hydrogen) atoms. The van der Waals surface area contributed by atoms with Crippen molar-refractivity contribution in [1.82, 2.24) is 19.7 Å². The number of nitrogens with zero attached hydrogens (tertiary/aromatic N) is 5. The molecule has 0 N–H and O–H groups in total. The Balaban J connectivity index is 0.00000272. The van der Waals surface area contributed by atoms with Gasteiger partial charge >= 0.3 is 0 Å². The number of ether oxygens (including phenoxy) is 3. The Kier molecular flexibility index (Phi) is 7.71. The highest BCUT2D eigenvalue weighted by Gasteiger charge is 2.26. The van der Waals surface area contributed by atoms with Crippen LogP contribution < -0.4 is 14.4 Å². The minimum absolute atomic E-state index is 0. The number of thiazole rings is 1. The Hall–Kier alpha value is -2.40. The van der Waals surface area contributed by atoms with Gasteiger partial charge in [-0.05, 0) is 18.2 Å². The zero-order valence-electron chi connectivity index (χ0n) is 17.7. The lowest BCUT2D eigenvalue weighted by atomic mass is 10.3. The average molecular weight is 468 g/mol. The molecule has 1 aliphatic heterocycles. The minimum atomic E-state index is -0.180. The third kappa shape index (κ3) is 4.93. The maximum absolute atomic E-state index is 13.3. The first kappa shape index (κ1) is 23.3. The summed E-state index contributed by atoms with van der Waals surface area (Å²) in [5.41, 5.74) is 1.07. The molecule has 1 aromatic carbocycles. The van der Waals surface area contributed by atoms with Gasteiger partial charge in [-0.3, -0.25) is 19.3 Å². The highest BCUT2D eigenvalue weighted by atomic mass is 35.5. The third-order valence-electron chi connectivity index (χ3n) is 5.05. The summed E-state index contributed by atoms with van der Waals surface area (Å²) in [6.07, 6.45) is 1.76. The number of anilines is 1. The fourth-order valence-corrected chi connectivity index (χ4v) is 4.51. The normalized spacial score (nSPS) is 14.3. The lowest BCUT2D eigenvalue weighted by molar-refractivity contribution is 0.0391. The van der Waals surface area contributed by atoms with Gasteiger partial charge in [-0.2, -0.15) is 5.10 Å². The van der Waals surface area contributed by atoms with Gasteiger partial charge in [-0.1, -0.05) is 11.3 Å². The van der Waals surface area contributed by atoms with Gasteiger partial charge in [0.05, 0.1) is 27.4 Å². The van der Waals surface area contributed by atoms with Crippen LogP contribution in [0.1, 0.15) is 10.5 Å². The largest absolute Gasteiger partial charge is 0.495 e. The third-order valence-corrected chi connectivity index (χ3v) is 6.14. The van der Waals surface area contributed by atoms with Gasteiger partial charge in [-0.25, -0.2) is 4.98 Å². The fourth-order valence-electron chi connectivity index (χ4n) is 3.41. The molecule has 0 atom stereocenters. The second-order valence-electron chi connectivity index (χ2n) is 6.93. The second-order valence-corrected chi connectivity index (χ2v) is 7.91. The molecule has 0 aliphatic carbocycles. The number of hydrogen-bond donors (Lipinski definition) is 0. The van der Waals surface area contributed by atoms with E-state index in [1.165, 1.54) is 11.3 Å². The maximum Gasteiger partial charge on any atom is 0.280 e. The Morgan fingerprint density at radius 3 is 2.55 bits per heavy atom. The van der Waals surface area contributed by atoms with E-state index in [2.05, 4.69) is 10.00 Å². The van der Waals surface area contributed by atoms with Gasteiger partial charge in [0.1, 0.15) is 21.7 Å². The number of carbonyl (C=O) groups is 1. The number of methoxy groups -OCH3 is 2. The molecule has 3 heterocycles. The zero-order valence-corrected chi connectivity index (χ0v) is 19.4. The van der Waals surface area contributed by atoms with Crippen LogP contribution in [-0.2, 0) is 11.8 Å². The smallest absolute Gasteiger partial charge is 0.280 e. The average Bonchev–Trinajstić information content (AvgIpc) is 3.40. The van der Waals surface area contributed by atoms with E-state index in [0.29, 0.717) is 47.6 Å². The summed E-state index contributed by atoms with van der Waals surface area (Å²) in [5, 5.41) is 4.89. The van der Waals surface area contributed by atoms with Crippen molar-refractivity contribution in [2.45, 2.75) is 0 Å². The van der Waals surface area contributed by atoms with Crippen molar-refractivity contribution in [3.05, 3.63) is 30.1 Å². The maximum atomic E-state index is 13.3. The number of hydrogen-bond acceptors (Lipinski definition) is 8. The molecule has 1 amide bonds. The molecule has 1 aliphatic rings. The summed E-state index contributed by atoms with van der Waals surface area (Å²) < 4.78 is 18.9. The summed E-state index contributed by atoms with van der Waals surface area (Å²) in [4.78, 5) is 22.1. The molecule has 9 nitrogen and oxygen atoms in total. The highest BCUT2D eigenvalue weighted by Crippen LogP contribution is 2.40. The summed E-state index contributed by atoms with van der Waals surface area (Å²) in [6.45, 7) is 4.36. The zero-order chi connectivity index (χ0) is 21.1. The van der Waals surface area contributed by atoms with Crippen molar-refractivity contribution >= 4 is 45.0 Å². The van der Waals surface area contributed by atoms with Crippen LogP contribution in [0.5, 0.6) is 11.5 Å². The molecule has 0 unspecified atom stereocenters. The van der Waals surface area contributed by atoms with Gasteiger partial charge in [-0.15, -0.1) is 12.4 Å². The number of rotatable bonds is 7. The molecule has 3 aromatic rings. The number of aryl methyl sites for hydroxylation is 1. The quantitative estimate of drug-likeness (QED) is 0.527. The molecule has 0 saturated carbocycles. The van der Waals surface area contributed by atoms with Crippen LogP contribution in [0.4, 0.5) is 5.13 Å². The fraction of sp³-hybridized carbons (Fsp3) is 0.450. The minimum Gasteiger partial charge on any atom is -0.495 e. The van der Waals surface area contributed by atoms with E-state index in [4.69, 9.17) is 19.2 Å². The van der Waals surface area contributed by atoms with E-state index in [1.54, 1.807) is 43.1 Å². The van der Waals surface area contributed by atoms with Crippen LogP contribution in [0.2, 0.25) is 0 Å². The Morgan fingerprint density at radius 1 is 1.19 bits per heavy atom. The first-order valence-electron chi connectivity index (χ1n) is 9.74. The summed E-state index contributed by atoms with van der Waals surface area (Å²) >= 11 is 1.41. The van der Waals surface area contributed by atoms with Gasteiger partial charge < -0.3 is 14.2 Å². The van der Waals surface area contributed by atoms with Crippen molar-refractivity contribution in [2.24, 2.45) is 7.05 Å². The van der Waals surface area contributed by atoms with Crippen LogP contribution >= 0.6 is 23.7 Å². The molecule has 0 bridgehead atoms. The number of fused-ring (bicyclic) bond motifs is 1. The van der Waals surface area contributed by atoms with Crippen molar-refractivity contribution in [3.63, 3.8) is 0 Å². The summed E-state index contributed by atoms with van der Waals surface area (Å²) in [5.74, 6) is 1.17. The first-order chi connectivity index (χ1) is 14.6. The molecule has 168 valence electrons. The predicted molar refractivity (Wildman–Crippen MR) is 122 cm³/mol. The van der Waals surface area contributed by atoms with Gasteiger partial charge in [0, 0.05) is 39.4 Å². The molecule has 11 heteroatoms. The molecule has 0 spiro atoms. The van der Waals surface area contributed by atoms with Crippen LogP contribution in [0, 0.1) is 0 Å². The lowest BCUT2D eigenvalue weighted by Crippen LogP contribution is -2.43. The Morgan fingerprint density at radius 2 is 1.90 bits per heavy atom. The number of benzene rings is 1. The molecular weight excluding hydrogens is 442 g/mol. The topological polar surface area (TPSA) is 82.0 Å². The van der Waals surface area contributed by atoms with E-state index in [1.807, 2.05) is 12.1 Å².